The van der Waals surface area contributed by atoms with Gasteiger partial charge in [-0.1, -0.05) is 32.0 Å². The molecule has 0 spiro atoms. The van der Waals surface area contributed by atoms with Crippen molar-refractivity contribution in [1.82, 2.24) is 10.6 Å². The fourth-order valence-corrected chi connectivity index (χ4v) is 1.79. The minimum absolute atomic E-state index is 0.00410. The van der Waals surface area contributed by atoms with Crippen LogP contribution in [0, 0.1) is 5.92 Å². The smallest absolute Gasteiger partial charge is 0.258 e. The minimum Gasteiger partial charge on any atom is -0.484 e. The van der Waals surface area contributed by atoms with Gasteiger partial charge in [-0.3, -0.25) is 9.59 Å². The fraction of sp³-hybridized carbons (Fsp3) is 0.500. The zero-order chi connectivity index (χ0) is 15.8. The highest BCUT2D eigenvalue weighted by Crippen LogP contribution is 2.08. The Morgan fingerprint density at radius 2 is 1.67 bits per heavy atom. The van der Waals surface area contributed by atoms with E-state index in [1.165, 1.54) is 0 Å². The van der Waals surface area contributed by atoms with Gasteiger partial charge in [-0.15, -0.1) is 0 Å². The van der Waals surface area contributed by atoms with Gasteiger partial charge in [0.25, 0.3) is 5.91 Å². The average molecular weight is 292 g/mol. The Hall–Kier alpha value is -2.04. The number of carbonyl (C=O) groups excluding carboxylic acids is 2. The van der Waals surface area contributed by atoms with Crippen molar-refractivity contribution in [3.8, 4) is 5.75 Å². The number of hydrogen-bond acceptors (Lipinski definition) is 3. The molecule has 5 nitrogen and oxygen atoms in total. The molecule has 0 bridgehead atoms. The first-order valence-corrected chi connectivity index (χ1v) is 7.17. The summed E-state index contributed by atoms with van der Waals surface area (Å²) >= 11 is 0. The third-order valence-corrected chi connectivity index (χ3v) is 2.81. The van der Waals surface area contributed by atoms with Gasteiger partial charge in [-0.05, 0) is 31.9 Å². The van der Waals surface area contributed by atoms with Gasteiger partial charge in [0, 0.05) is 6.04 Å². The number of rotatable bonds is 7. The number of amides is 2. The van der Waals surface area contributed by atoms with Crippen LogP contribution in [0.3, 0.4) is 0 Å². The summed E-state index contributed by atoms with van der Waals surface area (Å²) < 4.78 is 5.37. The van der Waals surface area contributed by atoms with Gasteiger partial charge >= 0.3 is 0 Å². The van der Waals surface area contributed by atoms with Crippen molar-refractivity contribution in [2.24, 2.45) is 5.92 Å². The van der Waals surface area contributed by atoms with Crippen LogP contribution in [0.2, 0.25) is 0 Å². The van der Waals surface area contributed by atoms with E-state index in [0.29, 0.717) is 5.75 Å². The van der Waals surface area contributed by atoms with Crippen molar-refractivity contribution >= 4 is 11.8 Å². The third kappa shape index (κ3) is 6.29. The molecule has 0 aliphatic heterocycles. The fourth-order valence-electron chi connectivity index (χ4n) is 1.79. The van der Waals surface area contributed by atoms with E-state index >= 15 is 0 Å². The van der Waals surface area contributed by atoms with Crippen LogP contribution in [0.4, 0.5) is 0 Å². The number of carbonyl (C=O) groups is 2. The molecule has 0 aliphatic carbocycles. The van der Waals surface area contributed by atoms with Gasteiger partial charge in [-0.2, -0.15) is 0 Å². The monoisotopic (exact) mass is 292 g/mol. The van der Waals surface area contributed by atoms with Crippen LogP contribution in [-0.2, 0) is 9.59 Å². The molecule has 1 atom stereocenters. The summed E-state index contributed by atoms with van der Waals surface area (Å²) in [4.78, 5) is 23.9. The number of nitrogens with one attached hydrogen (secondary N) is 2. The number of hydrogen-bond donors (Lipinski definition) is 2. The average Bonchev–Trinajstić information content (AvgIpc) is 2.42. The summed E-state index contributed by atoms with van der Waals surface area (Å²) in [6, 6.07) is 8.58. The van der Waals surface area contributed by atoms with E-state index in [2.05, 4.69) is 10.6 Å². The van der Waals surface area contributed by atoms with Gasteiger partial charge in [0.05, 0.1) is 0 Å². The van der Waals surface area contributed by atoms with E-state index in [1.807, 2.05) is 45.9 Å². The first kappa shape index (κ1) is 17.0. The van der Waals surface area contributed by atoms with E-state index in [0.717, 1.165) is 0 Å². The first-order valence-electron chi connectivity index (χ1n) is 7.17. The molecule has 21 heavy (non-hydrogen) atoms. The molecule has 1 aromatic carbocycles. The Balaban J connectivity index is 2.51. The highest BCUT2D eigenvalue weighted by atomic mass is 16.5. The van der Waals surface area contributed by atoms with Crippen molar-refractivity contribution in [3.63, 3.8) is 0 Å². The molecule has 0 heterocycles. The first-order chi connectivity index (χ1) is 9.90. The molecule has 116 valence electrons. The zero-order valence-corrected chi connectivity index (χ0v) is 13.1. The van der Waals surface area contributed by atoms with Crippen LogP contribution in [0.25, 0.3) is 0 Å². The van der Waals surface area contributed by atoms with E-state index in [-0.39, 0.29) is 30.4 Å². The second-order valence-electron chi connectivity index (χ2n) is 5.55. The SMILES string of the molecule is CC(C)NC(=O)C(NC(=O)COc1ccccc1)C(C)C. The summed E-state index contributed by atoms with van der Waals surface area (Å²) in [5.41, 5.74) is 0. The number of benzene rings is 1. The van der Waals surface area contributed by atoms with Crippen LogP contribution < -0.4 is 15.4 Å². The second-order valence-corrected chi connectivity index (χ2v) is 5.55. The Bertz CT molecular complexity index is 458. The zero-order valence-electron chi connectivity index (χ0n) is 13.1. The van der Waals surface area contributed by atoms with Crippen molar-refractivity contribution in [2.75, 3.05) is 6.61 Å². The molecule has 0 fully saturated rings. The molecule has 2 N–H and O–H groups in total. The molecule has 1 aromatic rings. The van der Waals surface area contributed by atoms with Gasteiger partial charge in [0.1, 0.15) is 11.8 Å². The van der Waals surface area contributed by atoms with Crippen LogP contribution in [0.1, 0.15) is 27.7 Å². The van der Waals surface area contributed by atoms with Crippen LogP contribution in [0.5, 0.6) is 5.75 Å². The molecule has 1 unspecified atom stereocenters. The van der Waals surface area contributed by atoms with E-state index in [4.69, 9.17) is 4.74 Å². The van der Waals surface area contributed by atoms with E-state index in [9.17, 15) is 9.59 Å². The molecule has 1 rings (SSSR count). The summed E-state index contributed by atoms with van der Waals surface area (Å²) in [7, 11) is 0. The third-order valence-electron chi connectivity index (χ3n) is 2.81. The summed E-state index contributed by atoms with van der Waals surface area (Å²) in [6.45, 7) is 7.44. The maximum atomic E-state index is 12.0. The summed E-state index contributed by atoms with van der Waals surface area (Å²) in [5, 5.41) is 5.52. The molecule has 0 saturated heterocycles. The lowest BCUT2D eigenvalue weighted by atomic mass is 10.0. The van der Waals surface area contributed by atoms with Crippen LogP contribution in [0.15, 0.2) is 30.3 Å². The predicted octanol–water partition coefficient (Wildman–Crippen LogP) is 1.73. The van der Waals surface area contributed by atoms with Gasteiger partial charge in [0.15, 0.2) is 6.61 Å². The molecular formula is C16H24N2O3. The van der Waals surface area contributed by atoms with Crippen molar-refractivity contribution in [2.45, 2.75) is 39.8 Å². The van der Waals surface area contributed by atoms with Crippen molar-refractivity contribution in [1.29, 1.82) is 0 Å². The number of para-hydroxylation sites is 1. The quantitative estimate of drug-likeness (QED) is 0.804. The Morgan fingerprint density at radius 3 is 2.19 bits per heavy atom. The maximum absolute atomic E-state index is 12.0. The normalized spacial score (nSPS) is 12.1. The maximum Gasteiger partial charge on any atom is 0.258 e. The standard InChI is InChI=1S/C16H24N2O3/c1-11(2)15(16(20)17-12(3)4)18-14(19)10-21-13-8-6-5-7-9-13/h5-9,11-12,15H,10H2,1-4H3,(H,17,20)(H,18,19). The predicted molar refractivity (Wildman–Crippen MR) is 82.0 cm³/mol. The highest BCUT2D eigenvalue weighted by Gasteiger charge is 2.24. The van der Waals surface area contributed by atoms with Crippen LogP contribution in [-0.4, -0.2) is 30.5 Å². The van der Waals surface area contributed by atoms with Crippen molar-refractivity contribution in [3.05, 3.63) is 30.3 Å². The molecule has 0 aliphatic rings. The minimum atomic E-state index is -0.556. The Kier molecular flexibility index (Phi) is 6.72. The lowest BCUT2D eigenvalue weighted by Gasteiger charge is -2.23. The second kappa shape index (κ2) is 8.29. The Labute approximate surface area is 126 Å². The Morgan fingerprint density at radius 1 is 1.05 bits per heavy atom. The van der Waals surface area contributed by atoms with E-state index in [1.54, 1.807) is 12.1 Å². The molecule has 0 aromatic heterocycles. The van der Waals surface area contributed by atoms with Crippen molar-refractivity contribution < 1.29 is 14.3 Å². The largest absolute Gasteiger partial charge is 0.484 e. The molecular weight excluding hydrogens is 268 g/mol. The molecule has 2 amide bonds. The molecule has 0 saturated carbocycles. The lowest BCUT2D eigenvalue weighted by Crippen LogP contribution is -2.52. The van der Waals surface area contributed by atoms with E-state index < -0.39 is 6.04 Å². The molecule has 0 radical (unpaired) electrons. The van der Waals surface area contributed by atoms with Gasteiger partial charge in [0.2, 0.25) is 5.91 Å². The highest BCUT2D eigenvalue weighted by molar-refractivity contribution is 5.88. The van der Waals surface area contributed by atoms with Gasteiger partial charge in [-0.25, -0.2) is 0 Å². The summed E-state index contributed by atoms with van der Waals surface area (Å²) in [5.74, 6) is 0.148. The molecule has 5 heteroatoms. The lowest BCUT2D eigenvalue weighted by molar-refractivity contribution is -0.131. The van der Waals surface area contributed by atoms with Crippen LogP contribution >= 0.6 is 0 Å². The summed E-state index contributed by atoms with van der Waals surface area (Å²) in [6.07, 6.45) is 0. The number of ether oxygens (including phenoxy) is 1. The topological polar surface area (TPSA) is 67.4 Å². The van der Waals surface area contributed by atoms with Gasteiger partial charge < -0.3 is 15.4 Å².